The lowest BCUT2D eigenvalue weighted by Gasteiger charge is -2.13. The van der Waals surface area contributed by atoms with E-state index in [1.165, 1.54) is 4.90 Å². The number of ether oxygens (including phenoxy) is 2. The summed E-state index contributed by atoms with van der Waals surface area (Å²) in [5.74, 6) is 0.968. The molecule has 1 aliphatic rings. The zero-order valence-corrected chi connectivity index (χ0v) is 15.1. The van der Waals surface area contributed by atoms with Gasteiger partial charge in [0.15, 0.2) is 16.6 Å². The van der Waals surface area contributed by atoms with Gasteiger partial charge in [0.25, 0.3) is 5.91 Å². The highest BCUT2D eigenvalue weighted by atomic mass is 35.5. The minimum absolute atomic E-state index is 0.234. The fraction of sp³-hybridized carbons (Fsp3) is 0.111. The molecule has 5 nitrogen and oxygen atoms in total. The van der Waals surface area contributed by atoms with Crippen LogP contribution in [-0.2, 0) is 4.79 Å². The summed E-state index contributed by atoms with van der Waals surface area (Å²) in [5, 5.41) is 3.86. The summed E-state index contributed by atoms with van der Waals surface area (Å²) in [6, 6.07) is 12.3. The summed E-state index contributed by atoms with van der Waals surface area (Å²) >= 11 is 11.2. The molecule has 0 aliphatic carbocycles. The van der Waals surface area contributed by atoms with Gasteiger partial charge in [0, 0.05) is 5.02 Å². The van der Waals surface area contributed by atoms with Crippen molar-refractivity contribution in [3.8, 4) is 11.5 Å². The fourth-order valence-electron chi connectivity index (χ4n) is 2.47. The van der Waals surface area contributed by atoms with Crippen LogP contribution in [0.1, 0.15) is 5.56 Å². The number of benzene rings is 2. The Hall–Kier alpha value is -2.57. The number of rotatable bonds is 4. The van der Waals surface area contributed by atoms with E-state index < -0.39 is 0 Å². The van der Waals surface area contributed by atoms with Gasteiger partial charge in [0.05, 0.1) is 19.9 Å². The molecule has 1 heterocycles. The van der Waals surface area contributed by atoms with Crippen LogP contribution in [-0.4, -0.2) is 25.2 Å². The third-order valence-corrected chi connectivity index (χ3v) is 4.22. The number of nitrogens with zero attached hydrogens (tertiary/aromatic N) is 1. The van der Waals surface area contributed by atoms with Gasteiger partial charge >= 0.3 is 0 Å². The number of methoxy groups -OCH3 is 2. The van der Waals surface area contributed by atoms with E-state index in [1.807, 2.05) is 6.07 Å². The molecule has 0 bridgehead atoms. The van der Waals surface area contributed by atoms with Crippen molar-refractivity contribution in [2.45, 2.75) is 0 Å². The molecule has 0 spiro atoms. The van der Waals surface area contributed by atoms with Gasteiger partial charge in [-0.25, -0.2) is 0 Å². The number of carbonyl (C=O) groups excluding carboxylic acids is 1. The van der Waals surface area contributed by atoms with Crippen molar-refractivity contribution in [2.24, 2.45) is 0 Å². The number of amides is 1. The molecule has 1 fully saturated rings. The highest BCUT2D eigenvalue weighted by Gasteiger charge is 2.31. The Labute approximate surface area is 155 Å². The molecule has 1 aliphatic heterocycles. The van der Waals surface area contributed by atoms with Crippen molar-refractivity contribution < 1.29 is 14.3 Å². The first-order valence-corrected chi connectivity index (χ1v) is 8.17. The number of nitrogens with one attached hydrogen (secondary N) is 1. The first kappa shape index (κ1) is 17.3. The third-order valence-electron chi connectivity index (χ3n) is 3.68. The standard InChI is InChI=1S/C18H15ClN2O3S/c1-23-15-8-3-11(10-16(15)24-2)9-14-17(22)21(18(25)20-14)13-6-4-12(19)5-7-13/h3-10H,1-2H3,(H,20,25)/b14-9-. The lowest BCUT2D eigenvalue weighted by molar-refractivity contribution is -0.113. The smallest absolute Gasteiger partial charge is 0.281 e. The van der Waals surface area contributed by atoms with Crippen LogP contribution in [0.15, 0.2) is 48.2 Å². The Morgan fingerprint density at radius 3 is 2.40 bits per heavy atom. The quantitative estimate of drug-likeness (QED) is 0.654. The average molecular weight is 375 g/mol. The van der Waals surface area contributed by atoms with Crippen molar-refractivity contribution in [2.75, 3.05) is 19.1 Å². The van der Waals surface area contributed by atoms with Crippen LogP contribution in [0.5, 0.6) is 11.5 Å². The largest absolute Gasteiger partial charge is 0.493 e. The molecular weight excluding hydrogens is 360 g/mol. The fourth-order valence-corrected chi connectivity index (χ4v) is 2.89. The molecule has 0 aromatic heterocycles. The van der Waals surface area contributed by atoms with Gasteiger partial charge in [-0.3, -0.25) is 9.69 Å². The van der Waals surface area contributed by atoms with Crippen LogP contribution in [0.25, 0.3) is 6.08 Å². The molecular formula is C18H15ClN2O3S. The zero-order chi connectivity index (χ0) is 18.0. The number of hydrogen-bond donors (Lipinski definition) is 1. The van der Waals surface area contributed by atoms with Gasteiger partial charge in [-0.15, -0.1) is 0 Å². The number of halogens is 1. The minimum Gasteiger partial charge on any atom is -0.493 e. The van der Waals surface area contributed by atoms with E-state index in [9.17, 15) is 4.79 Å². The van der Waals surface area contributed by atoms with Crippen molar-refractivity contribution >= 4 is 46.6 Å². The lowest BCUT2D eigenvalue weighted by atomic mass is 10.1. The predicted molar refractivity (Wildman–Crippen MR) is 102 cm³/mol. The molecule has 0 radical (unpaired) electrons. The molecule has 128 valence electrons. The maximum absolute atomic E-state index is 12.7. The maximum atomic E-state index is 12.7. The Bertz CT molecular complexity index is 865. The molecule has 1 N–H and O–H groups in total. The molecule has 0 saturated carbocycles. The second kappa shape index (κ2) is 7.13. The zero-order valence-electron chi connectivity index (χ0n) is 13.6. The molecule has 0 unspecified atom stereocenters. The molecule has 1 saturated heterocycles. The summed E-state index contributed by atoms with van der Waals surface area (Å²) in [6.07, 6.45) is 1.71. The molecule has 2 aromatic carbocycles. The van der Waals surface area contributed by atoms with Gasteiger partial charge in [-0.1, -0.05) is 17.7 Å². The van der Waals surface area contributed by atoms with Crippen LogP contribution in [0.3, 0.4) is 0 Å². The molecule has 25 heavy (non-hydrogen) atoms. The molecule has 0 atom stereocenters. The van der Waals surface area contributed by atoms with E-state index >= 15 is 0 Å². The highest BCUT2D eigenvalue weighted by Crippen LogP contribution is 2.29. The number of hydrogen-bond acceptors (Lipinski definition) is 4. The van der Waals surface area contributed by atoms with Crippen molar-refractivity contribution in [3.63, 3.8) is 0 Å². The highest BCUT2D eigenvalue weighted by molar-refractivity contribution is 7.80. The number of anilines is 1. The minimum atomic E-state index is -0.234. The van der Waals surface area contributed by atoms with Crippen LogP contribution in [0.2, 0.25) is 5.02 Å². The van der Waals surface area contributed by atoms with Crippen molar-refractivity contribution in [1.82, 2.24) is 5.32 Å². The van der Waals surface area contributed by atoms with E-state index in [-0.39, 0.29) is 5.91 Å². The van der Waals surface area contributed by atoms with Gasteiger partial charge in [0.1, 0.15) is 5.70 Å². The van der Waals surface area contributed by atoms with E-state index in [0.29, 0.717) is 33.0 Å². The van der Waals surface area contributed by atoms with Crippen LogP contribution >= 0.6 is 23.8 Å². The van der Waals surface area contributed by atoms with Crippen LogP contribution < -0.4 is 19.7 Å². The van der Waals surface area contributed by atoms with E-state index in [0.717, 1.165) is 5.56 Å². The van der Waals surface area contributed by atoms with Gasteiger partial charge in [0.2, 0.25) is 0 Å². The van der Waals surface area contributed by atoms with Crippen molar-refractivity contribution in [3.05, 3.63) is 58.7 Å². The molecule has 7 heteroatoms. The third kappa shape index (κ3) is 3.45. The van der Waals surface area contributed by atoms with Gasteiger partial charge in [-0.2, -0.15) is 0 Å². The average Bonchev–Trinajstić information content (AvgIpc) is 2.89. The number of thiocarbonyl (C=S) groups is 1. The first-order chi connectivity index (χ1) is 12.0. The summed E-state index contributed by atoms with van der Waals surface area (Å²) < 4.78 is 10.5. The Morgan fingerprint density at radius 1 is 1.08 bits per heavy atom. The van der Waals surface area contributed by atoms with Crippen molar-refractivity contribution in [1.29, 1.82) is 0 Å². The van der Waals surface area contributed by atoms with Crippen LogP contribution in [0, 0.1) is 0 Å². The van der Waals surface area contributed by atoms with E-state index in [2.05, 4.69) is 5.32 Å². The molecule has 3 rings (SSSR count). The normalized spacial score (nSPS) is 15.5. The molecule has 1 amide bonds. The topological polar surface area (TPSA) is 50.8 Å². The predicted octanol–water partition coefficient (Wildman–Crippen LogP) is 3.62. The summed E-state index contributed by atoms with van der Waals surface area (Å²) in [6.45, 7) is 0. The maximum Gasteiger partial charge on any atom is 0.281 e. The SMILES string of the molecule is COc1ccc(/C=C2\NC(=S)N(c3ccc(Cl)cc3)C2=O)cc1OC. The first-order valence-electron chi connectivity index (χ1n) is 7.38. The van der Waals surface area contributed by atoms with E-state index in [4.69, 9.17) is 33.3 Å². The Kier molecular flexibility index (Phi) is 4.92. The molecule has 2 aromatic rings. The van der Waals surface area contributed by atoms with E-state index in [1.54, 1.807) is 56.7 Å². The van der Waals surface area contributed by atoms with Crippen LogP contribution in [0.4, 0.5) is 5.69 Å². The summed E-state index contributed by atoms with van der Waals surface area (Å²) in [7, 11) is 3.13. The summed E-state index contributed by atoms with van der Waals surface area (Å²) in [5.41, 5.74) is 1.82. The summed E-state index contributed by atoms with van der Waals surface area (Å²) in [4.78, 5) is 14.1. The van der Waals surface area contributed by atoms with Gasteiger partial charge in [-0.05, 0) is 60.3 Å². The number of carbonyl (C=O) groups is 1. The Morgan fingerprint density at radius 2 is 1.76 bits per heavy atom. The lowest BCUT2D eigenvalue weighted by Crippen LogP contribution is -2.30. The van der Waals surface area contributed by atoms with Gasteiger partial charge < -0.3 is 14.8 Å². The monoisotopic (exact) mass is 374 g/mol. The second-order valence-corrected chi connectivity index (χ2v) is 6.04. The Balaban J connectivity index is 1.91. The second-order valence-electron chi connectivity index (χ2n) is 5.22.